The molecule has 1 aromatic rings. The van der Waals surface area contributed by atoms with E-state index in [0.717, 1.165) is 5.56 Å². The number of aryl methyl sites for hydroxylation is 1. The van der Waals surface area contributed by atoms with Crippen molar-refractivity contribution in [2.45, 2.75) is 19.5 Å². The van der Waals surface area contributed by atoms with E-state index in [1.165, 1.54) is 6.92 Å². The lowest BCUT2D eigenvalue weighted by molar-refractivity contribution is 0.173. The molecule has 15 heavy (non-hydrogen) atoms. The minimum absolute atomic E-state index is 0.0481. The Morgan fingerprint density at radius 3 is 2.60 bits per heavy atom. The fraction of sp³-hybridized carbons (Fsp3) is 0.455. The fourth-order valence-corrected chi connectivity index (χ4v) is 1.72. The lowest BCUT2D eigenvalue weighted by Gasteiger charge is -2.21. The van der Waals surface area contributed by atoms with Gasteiger partial charge in [-0.25, -0.2) is 4.39 Å². The van der Waals surface area contributed by atoms with Crippen LogP contribution in [0.25, 0.3) is 0 Å². The van der Waals surface area contributed by atoms with Gasteiger partial charge in [0.15, 0.2) is 11.5 Å². The first-order chi connectivity index (χ1) is 7.04. The predicted molar refractivity (Wildman–Crippen MR) is 54.8 cm³/mol. The molecule has 0 aromatic heterocycles. The highest BCUT2D eigenvalue weighted by molar-refractivity contribution is 5.50. The first kappa shape index (κ1) is 10.2. The van der Waals surface area contributed by atoms with Gasteiger partial charge >= 0.3 is 0 Å². The number of halogens is 1. The maximum absolute atomic E-state index is 14.1. The molecule has 0 bridgehead atoms. The number of ether oxygens (including phenoxy) is 2. The van der Waals surface area contributed by atoms with E-state index in [0.29, 0.717) is 17.1 Å². The summed E-state index contributed by atoms with van der Waals surface area (Å²) in [6.45, 7) is 3.46. The molecule has 2 rings (SSSR count). The quantitative estimate of drug-likeness (QED) is 0.812. The summed E-state index contributed by atoms with van der Waals surface area (Å²) >= 11 is 0. The van der Waals surface area contributed by atoms with Crippen LogP contribution < -0.4 is 15.2 Å². The van der Waals surface area contributed by atoms with Crippen molar-refractivity contribution >= 4 is 0 Å². The van der Waals surface area contributed by atoms with E-state index in [9.17, 15) is 4.39 Å². The van der Waals surface area contributed by atoms with Gasteiger partial charge in [0.05, 0.1) is 0 Å². The maximum atomic E-state index is 14.1. The molecule has 0 aliphatic carbocycles. The Kier molecular flexibility index (Phi) is 2.31. The van der Waals surface area contributed by atoms with E-state index in [1.807, 2.05) is 6.92 Å². The molecular formula is C11H14FNO2. The van der Waals surface area contributed by atoms with Gasteiger partial charge in [-0.3, -0.25) is 0 Å². The number of benzene rings is 1. The second-order valence-corrected chi connectivity index (χ2v) is 3.92. The molecule has 1 aliphatic heterocycles. The summed E-state index contributed by atoms with van der Waals surface area (Å²) in [4.78, 5) is 0. The number of rotatable bonds is 2. The Balaban J connectivity index is 2.49. The molecule has 1 heterocycles. The zero-order chi connectivity index (χ0) is 11.1. The Bertz CT molecular complexity index is 390. The molecule has 3 nitrogen and oxygen atoms in total. The highest BCUT2D eigenvalue weighted by Gasteiger charge is 2.28. The predicted octanol–water partition coefficient (Wildman–Crippen LogP) is 1.87. The molecule has 0 spiro atoms. The van der Waals surface area contributed by atoms with E-state index < -0.39 is 5.67 Å². The fourth-order valence-electron chi connectivity index (χ4n) is 1.72. The van der Waals surface area contributed by atoms with Crippen LogP contribution in [0, 0.1) is 6.92 Å². The molecule has 1 unspecified atom stereocenters. The van der Waals surface area contributed by atoms with Crippen molar-refractivity contribution < 1.29 is 13.9 Å². The third-order valence-corrected chi connectivity index (χ3v) is 2.66. The van der Waals surface area contributed by atoms with Crippen LogP contribution in [-0.4, -0.2) is 13.3 Å². The van der Waals surface area contributed by atoms with Crippen LogP contribution in [-0.2, 0) is 5.67 Å². The van der Waals surface area contributed by atoms with E-state index >= 15 is 0 Å². The van der Waals surface area contributed by atoms with Crippen molar-refractivity contribution in [3.8, 4) is 11.5 Å². The number of nitrogens with two attached hydrogens (primary N) is 1. The summed E-state index contributed by atoms with van der Waals surface area (Å²) in [6.07, 6.45) is 0. The number of fused-ring (bicyclic) bond motifs is 1. The summed E-state index contributed by atoms with van der Waals surface area (Å²) in [6, 6.07) is 3.45. The van der Waals surface area contributed by atoms with Crippen LogP contribution in [0.2, 0.25) is 0 Å². The van der Waals surface area contributed by atoms with Gasteiger partial charge in [-0.1, -0.05) is 0 Å². The third-order valence-electron chi connectivity index (χ3n) is 2.66. The minimum atomic E-state index is -1.52. The Morgan fingerprint density at radius 2 is 2.00 bits per heavy atom. The van der Waals surface area contributed by atoms with Crippen molar-refractivity contribution in [2.75, 3.05) is 13.3 Å². The van der Waals surface area contributed by atoms with Crippen LogP contribution in [0.3, 0.4) is 0 Å². The van der Waals surface area contributed by atoms with Crippen LogP contribution in [0.5, 0.6) is 11.5 Å². The van der Waals surface area contributed by atoms with E-state index in [-0.39, 0.29) is 13.3 Å². The maximum Gasteiger partial charge on any atom is 0.231 e. The van der Waals surface area contributed by atoms with Crippen molar-refractivity contribution in [3.05, 3.63) is 23.3 Å². The van der Waals surface area contributed by atoms with Crippen LogP contribution in [0.1, 0.15) is 18.1 Å². The molecule has 0 saturated heterocycles. The summed E-state index contributed by atoms with van der Waals surface area (Å²) in [5.41, 5.74) is 5.28. The second kappa shape index (κ2) is 3.38. The van der Waals surface area contributed by atoms with Gasteiger partial charge in [0, 0.05) is 6.54 Å². The van der Waals surface area contributed by atoms with Gasteiger partial charge in [-0.2, -0.15) is 0 Å². The first-order valence-electron chi connectivity index (χ1n) is 4.84. The monoisotopic (exact) mass is 211 g/mol. The van der Waals surface area contributed by atoms with Crippen LogP contribution >= 0.6 is 0 Å². The number of hydrogen-bond donors (Lipinski definition) is 1. The smallest absolute Gasteiger partial charge is 0.231 e. The molecular weight excluding hydrogens is 197 g/mol. The van der Waals surface area contributed by atoms with Gasteiger partial charge in [-0.05, 0) is 37.1 Å². The van der Waals surface area contributed by atoms with E-state index in [1.54, 1.807) is 12.1 Å². The summed E-state index contributed by atoms with van der Waals surface area (Å²) in [7, 11) is 0. The Labute approximate surface area is 88.0 Å². The molecule has 1 aliphatic rings. The summed E-state index contributed by atoms with van der Waals surface area (Å²) in [5.74, 6) is 1.26. The number of hydrogen-bond acceptors (Lipinski definition) is 3. The van der Waals surface area contributed by atoms with Crippen LogP contribution in [0.15, 0.2) is 12.1 Å². The lowest BCUT2D eigenvalue weighted by atomic mass is 9.93. The number of alkyl halides is 1. The lowest BCUT2D eigenvalue weighted by Crippen LogP contribution is -2.27. The van der Waals surface area contributed by atoms with Crippen LogP contribution in [0.4, 0.5) is 4.39 Å². The van der Waals surface area contributed by atoms with E-state index in [2.05, 4.69) is 0 Å². The average molecular weight is 211 g/mol. The highest BCUT2D eigenvalue weighted by atomic mass is 19.1. The van der Waals surface area contributed by atoms with Gasteiger partial charge in [0.2, 0.25) is 6.79 Å². The average Bonchev–Trinajstić information content (AvgIpc) is 2.63. The zero-order valence-electron chi connectivity index (χ0n) is 8.84. The minimum Gasteiger partial charge on any atom is -0.454 e. The topological polar surface area (TPSA) is 44.5 Å². The van der Waals surface area contributed by atoms with Gasteiger partial charge < -0.3 is 15.2 Å². The van der Waals surface area contributed by atoms with Crippen molar-refractivity contribution in [1.82, 2.24) is 0 Å². The molecule has 4 heteroatoms. The molecule has 1 aromatic carbocycles. The Hall–Kier alpha value is -1.29. The first-order valence-corrected chi connectivity index (χ1v) is 4.84. The molecule has 1 atom stereocenters. The van der Waals surface area contributed by atoms with Gasteiger partial charge in [0.25, 0.3) is 0 Å². The Morgan fingerprint density at radius 1 is 1.40 bits per heavy atom. The summed E-state index contributed by atoms with van der Waals surface area (Å²) in [5, 5.41) is 0. The van der Waals surface area contributed by atoms with Crippen molar-refractivity contribution in [2.24, 2.45) is 5.73 Å². The normalized spacial score (nSPS) is 17.6. The molecule has 0 fully saturated rings. The van der Waals surface area contributed by atoms with E-state index in [4.69, 9.17) is 15.2 Å². The van der Waals surface area contributed by atoms with Gasteiger partial charge in [-0.15, -0.1) is 0 Å². The standard InChI is InChI=1S/C11H14FNO2/c1-7-3-9-10(15-6-14-9)4-8(7)11(2,12)5-13/h3-4H,5-6,13H2,1-2H3. The summed E-state index contributed by atoms with van der Waals surface area (Å²) < 4.78 is 24.5. The van der Waals surface area contributed by atoms with Crippen molar-refractivity contribution in [1.29, 1.82) is 0 Å². The molecule has 0 radical (unpaired) electrons. The molecule has 0 saturated carbocycles. The third kappa shape index (κ3) is 1.65. The zero-order valence-corrected chi connectivity index (χ0v) is 8.84. The largest absolute Gasteiger partial charge is 0.454 e. The SMILES string of the molecule is Cc1cc2c(cc1C(C)(F)CN)OCO2. The highest BCUT2D eigenvalue weighted by Crippen LogP contribution is 2.39. The van der Waals surface area contributed by atoms with Crippen molar-refractivity contribution in [3.63, 3.8) is 0 Å². The molecule has 2 N–H and O–H groups in total. The van der Waals surface area contributed by atoms with Gasteiger partial charge in [0.1, 0.15) is 5.67 Å². The molecule has 0 amide bonds. The second-order valence-electron chi connectivity index (χ2n) is 3.92. The molecule has 82 valence electrons.